The average molecular weight is 370 g/mol. The minimum Gasteiger partial charge on any atom is -0.357 e. The van der Waals surface area contributed by atoms with Crippen LogP contribution in [0.2, 0.25) is 0 Å². The van der Waals surface area contributed by atoms with Crippen LogP contribution in [0.25, 0.3) is 10.9 Å². The van der Waals surface area contributed by atoms with Crippen molar-refractivity contribution in [3.63, 3.8) is 0 Å². The average Bonchev–Trinajstić information content (AvgIpc) is 3.10. The molecule has 0 fully saturated rings. The Bertz CT molecular complexity index is 1140. The van der Waals surface area contributed by atoms with Gasteiger partial charge in [-0.05, 0) is 54.2 Å². The van der Waals surface area contributed by atoms with Gasteiger partial charge in [-0.2, -0.15) is 5.26 Å². The molecule has 1 N–H and O–H groups in total. The zero-order valence-electron chi connectivity index (χ0n) is 17.1. The first-order chi connectivity index (χ1) is 13.4. The molecule has 3 heteroatoms. The molecule has 3 nitrogen and oxygen atoms in total. The van der Waals surface area contributed by atoms with E-state index in [1.807, 2.05) is 12.1 Å². The van der Waals surface area contributed by atoms with Crippen molar-refractivity contribution >= 4 is 16.7 Å². The van der Waals surface area contributed by atoms with E-state index in [0.29, 0.717) is 5.56 Å². The Balaban J connectivity index is 1.97. The van der Waals surface area contributed by atoms with E-state index in [9.17, 15) is 10.1 Å². The van der Waals surface area contributed by atoms with Gasteiger partial charge in [0.2, 0.25) is 0 Å². The summed E-state index contributed by atoms with van der Waals surface area (Å²) >= 11 is 0. The van der Waals surface area contributed by atoms with E-state index in [0.717, 1.165) is 59.0 Å². The molecule has 0 bridgehead atoms. The molecular weight excluding hydrogens is 344 g/mol. The Morgan fingerprint density at radius 3 is 2.57 bits per heavy atom. The molecular formula is C25H26N2O. The van der Waals surface area contributed by atoms with Gasteiger partial charge in [-0.25, -0.2) is 0 Å². The van der Waals surface area contributed by atoms with Gasteiger partial charge in [-0.1, -0.05) is 46.2 Å². The molecule has 0 amide bonds. The fourth-order valence-electron chi connectivity index (χ4n) is 4.56. The number of carbonyl (C=O) groups excluding carboxylic acids is 1. The van der Waals surface area contributed by atoms with Crippen molar-refractivity contribution in [3.05, 3.63) is 69.4 Å². The molecule has 1 aliphatic carbocycles. The summed E-state index contributed by atoms with van der Waals surface area (Å²) < 4.78 is 0. The molecule has 0 radical (unpaired) electrons. The minimum absolute atomic E-state index is 0.0945. The van der Waals surface area contributed by atoms with Gasteiger partial charge in [-0.3, -0.25) is 4.79 Å². The maximum atomic E-state index is 13.5. The molecule has 4 rings (SSSR count). The van der Waals surface area contributed by atoms with E-state index in [1.165, 1.54) is 11.1 Å². The highest BCUT2D eigenvalue weighted by atomic mass is 16.1. The first-order valence-corrected chi connectivity index (χ1v) is 10.2. The Hall–Kier alpha value is -2.86. The van der Waals surface area contributed by atoms with Crippen LogP contribution in [0.3, 0.4) is 0 Å². The predicted octanol–water partition coefficient (Wildman–Crippen LogP) is 5.81. The van der Waals surface area contributed by atoms with Gasteiger partial charge in [0.1, 0.15) is 0 Å². The molecule has 0 aliphatic heterocycles. The lowest BCUT2D eigenvalue weighted by atomic mass is 9.70. The second kappa shape index (κ2) is 6.63. The molecule has 0 atom stereocenters. The Kier molecular flexibility index (Phi) is 4.38. The van der Waals surface area contributed by atoms with Crippen LogP contribution in [-0.2, 0) is 18.3 Å². The summed E-state index contributed by atoms with van der Waals surface area (Å²) in [5, 5.41) is 10.1. The maximum absolute atomic E-state index is 13.5. The highest BCUT2D eigenvalue weighted by molar-refractivity contribution is 6.20. The van der Waals surface area contributed by atoms with Crippen LogP contribution in [-0.4, -0.2) is 10.8 Å². The third-order valence-corrected chi connectivity index (χ3v) is 6.22. The number of aromatic amines is 1. The van der Waals surface area contributed by atoms with Crippen molar-refractivity contribution < 1.29 is 4.79 Å². The Morgan fingerprint density at radius 1 is 1.11 bits per heavy atom. The number of hydrogen-bond donors (Lipinski definition) is 1. The Labute approximate surface area is 166 Å². The summed E-state index contributed by atoms with van der Waals surface area (Å²) in [6.45, 7) is 8.75. The van der Waals surface area contributed by atoms with Gasteiger partial charge in [0.15, 0.2) is 5.78 Å². The second-order valence-electron chi connectivity index (χ2n) is 8.32. The standard InChI is InChI=1S/C25H26N2O/c1-5-7-8-17-13-20-19(12-16(17)6-2)23(28)22-18-10-9-15(14-26)11-21(18)27-24(22)25(20,3)4/h9-13,27H,5-8H2,1-4H3. The van der Waals surface area contributed by atoms with Gasteiger partial charge >= 0.3 is 0 Å². The molecule has 0 spiro atoms. The smallest absolute Gasteiger partial charge is 0.195 e. The van der Waals surface area contributed by atoms with Crippen molar-refractivity contribution in [2.75, 3.05) is 0 Å². The number of benzene rings is 2. The van der Waals surface area contributed by atoms with E-state index in [2.05, 4.69) is 50.9 Å². The number of nitrogens with zero attached hydrogens (tertiary/aromatic N) is 1. The number of ketones is 1. The summed E-state index contributed by atoms with van der Waals surface area (Å²) in [5.41, 5.74) is 7.49. The SMILES string of the molecule is CCCCc1cc2c(cc1CC)C(=O)c1c([nH]c3cc(C#N)ccc13)C2(C)C. The van der Waals surface area contributed by atoms with Gasteiger partial charge < -0.3 is 4.98 Å². The largest absolute Gasteiger partial charge is 0.357 e. The Morgan fingerprint density at radius 2 is 1.89 bits per heavy atom. The molecule has 0 unspecified atom stereocenters. The zero-order valence-corrected chi connectivity index (χ0v) is 17.1. The zero-order chi connectivity index (χ0) is 20.1. The first-order valence-electron chi connectivity index (χ1n) is 10.2. The quantitative estimate of drug-likeness (QED) is 0.629. The monoisotopic (exact) mass is 370 g/mol. The van der Waals surface area contributed by atoms with E-state index < -0.39 is 0 Å². The van der Waals surface area contributed by atoms with E-state index in [-0.39, 0.29) is 11.2 Å². The molecule has 2 aromatic carbocycles. The number of rotatable bonds is 4. The van der Waals surface area contributed by atoms with Crippen LogP contribution in [0.15, 0.2) is 30.3 Å². The van der Waals surface area contributed by atoms with E-state index in [4.69, 9.17) is 0 Å². The number of H-pyrrole nitrogens is 1. The van der Waals surface area contributed by atoms with Gasteiger partial charge in [-0.15, -0.1) is 0 Å². The lowest BCUT2D eigenvalue weighted by Crippen LogP contribution is -2.30. The van der Waals surface area contributed by atoms with Crippen LogP contribution >= 0.6 is 0 Å². The number of unbranched alkanes of at least 4 members (excludes halogenated alkanes) is 1. The van der Waals surface area contributed by atoms with Crippen LogP contribution in [0.5, 0.6) is 0 Å². The summed E-state index contributed by atoms with van der Waals surface area (Å²) in [6, 6.07) is 12.1. The lowest BCUT2D eigenvalue weighted by Gasteiger charge is -2.33. The third kappa shape index (κ3) is 2.59. The maximum Gasteiger partial charge on any atom is 0.195 e. The number of nitrogens with one attached hydrogen (secondary N) is 1. The summed E-state index contributed by atoms with van der Waals surface area (Å²) in [5.74, 6) is 0.0945. The van der Waals surface area contributed by atoms with Crippen molar-refractivity contribution in [2.45, 2.75) is 58.8 Å². The van der Waals surface area contributed by atoms with Crippen molar-refractivity contribution in [2.24, 2.45) is 0 Å². The molecule has 142 valence electrons. The first kappa shape index (κ1) is 18.5. The van der Waals surface area contributed by atoms with Gasteiger partial charge in [0.05, 0.1) is 17.2 Å². The predicted molar refractivity (Wildman–Crippen MR) is 113 cm³/mol. The lowest BCUT2D eigenvalue weighted by molar-refractivity contribution is 0.103. The van der Waals surface area contributed by atoms with E-state index in [1.54, 1.807) is 6.07 Å². The van der Waals surface area contributed by atoms with Crippen molar-refractivity contribution in [3.8, 4) is 6.07 Å². The van der Waals surface area contributed by atoms with Crippen LogP contribution < -0.4 is 0 Å². The van der Waals surface area contributed by atoms with Crippen molar-refractivity contribution in [1.29, 1.82) is 5.26 Å². The van der Waals surface area contributed by atoms with E-state index >= 15 is 0 Å². The third-order valence-electron chi connectivity index (χ3n) is 6.22. The summed E-state index contributed by atoms with van der Waals surface area (Å²) in [4.78, 5) is 17.0. The number of carbonyl (C=O) groups is 1. The number of hydrogen-bond acceptors (Lipinski definition) is 2. The van der Waals surface area contributed by atoms with Crippen LogP contribution in [0.1, 0.15) is 84.4 Å². The minimum atomic E-state index is -0.294. The number of aromatic nitrogens is 1. The second-order valence-corrected chi connectivity index (χ2v) is 8.32. The van der Waals surface area contributed by atoms with Crippen molar-refractivity contribution in [1.82, 2.24) is 4.98 Å². The topological polar surface area (TPSA) is 56.6 Å². The molecule has 0 saturated carbocycles. The molecule has 0 saturated heterocycles. The highest BCUT2D eigenvalue weighted by Gasteiger charge is 2.40. The fraction of sp³-hybridized carbons (Fsp3) is 0.360. The highest BCUT2D eigenvalue weighted by Crippen LogP contribution is 2.44. The molecule has 28 heavy (non-hydrogen) atoms. The van der Waals surface area contributed by atoms with Crippen LogP contribution in [0, 0.1) is 11.3 Å². The molecule has 3 aromatic rings. The van der Waals surface area contributed by atoms with Gasteiger partial charge in [0.25, 0.3) is 0 Å². The number of fused-ring (bicyclic) bond motifs is 4. The fourth-order valence-corrected chi connectivity index (χ4v) is 4.56. The number of aryl methyl sites for hydroxylation is 2. The summed E-state index contributed by atoms with van der Waals surface area (Å²) in [6.07, 6.45) is 4.32. The van der Waals surface area contributed by atoms with Crippen LogP contribution in [0.4, 0.5) is 0 Å². The number of nitriles is 1. The summed E-state index contributed by atoms with van der Waals surface area (Å²) in [7, 11) is 0. The molecule has 1 aliphatic rings. The van der Waals surface area contributed by atoms with Gasteiger partial charge in [0, 0.05) is 27.6 Å². The molecule has 1 aromatic heterocycles. The normalized spacial score (nSPS) is 14.6. The molecule has 1 heterocycles.